The van der Waals surface area contributed by atoms with Crippen LogP contribution in [0, 0.1) is 6.92 Å². The molecule has 1 rings (SSSR count). The van der Waals surface area contributed by atoms with E-state index in [9.17, 15) is 13.2 Å². The zero-order valence-corrected chi connectivity index (χ0v) is 12.7. The Labute approximate surface area is 120 Å². The van der Waals surface area contributed by atoms with E-state index in [0.717, 1.165) is 18.4 Å². The molecule has 0 aliphatic heterocycles. The molecule has 0 aromatic heterocycles. The summed E-state index contributed by atoms with van der Waals surface area (Å²) in [5.74, 6) is -0.183. The average Bonchev–Trinajstić information content (AvgIpc) is 2.38. The molecule has 0 spiro atoms. The van der Waals surface area contributed by atoms with Crippen LogP contribution in [-0.2, 0) is 14.8 Å². The molecule has 0 saturated heterocycles. The van der Waals surface area contributed by atoms with Crippen molar-refractivity contribution in [3.8, 4) is 0 Å². The van der Waals surface area contributed by atoms with Crippen molar-refractivity contribution in [1.29, 1.82) is 0 Å². The number of benzene rings is 1. The van der Waals surface area contributed by atoms with E-state index in [1.165, 1.54) is 19.1 Å². The van der Waals surface area contributed by atoms with Crippen LogP contribution < -0.4 is 10.5 Å². The third-order valence-corrected chi connectivity index (χ3v) is 4.55. The van der Waals surface area contributed by atoms with Crippen molar-refractivity contribution in [2.24, 2.45) is 5.73 Å². The first-order chi connectivity index (χ1) is 9.36. The van der Waals surface area contributed by atoms with Gasteiger partial charge in [-0.1, -0.05) is 24.1 Å². The van der Waals surface area contributed by atoms with Gasteiger partial charge in [0.2, 0.25) is 10.0 Å². The first kappa shape index (κ1) is 16.8. The third-order valence-electron chi connectivity index (χ3n) is 3.07. The van der Waals surface area contributed by atoms with E-state index >= 15 is 0 Å². The fourth-order valence-corrected chi connectivity index (χ4v) is 3.10. The molecule has 0 unspecified atom stereocenters. The molecule has 20 heavy (non-hydrogen) atoms. The Kier molecular flexibility index (Phi) is 6.32. The second-order valence-corrected chi connectivity index (χ2v) is 6.60. The zero-order valence-electron chi connectivity index (χ0n) is 11.9. The maximum absolute atomic E-state index is 12.2. The standard InChI is InChI=1S/C14H22N2O3S/c1-11-6-8-13(9-7-11)20(18,19)16-14(12(2)17)5-3-4-10-15/h6-9,14,16H,3-5,10,15H2,1-2H3/t14-/m0/s1. The minimum Gasteiger partial charge on any atom is -0.330 e. The maximum Gasteiger partial charge on any atom is 0.241 e. The number of nitrogens with two attached hydrogens (primary N) is 1. The van der Waals surface area contributed by atoms with Gasteiger partial charge in [0.15, 0.2) is 0 Å². The lowest BCUT2D eigenvalue weighted by molar-refractivity contribution is -0.118. The van der Waals surface area contributed by atoms with Gasteiger partial charge in [-0.25, -0.2) is 13.1 Å². The number of carbonyl (C=O) groups is 1. The smallest absolute Gasteiger partial charge is 0.241 e. The number of unbranched alkanes of at least 4 members (excludes halogenated alkanes) is 1. The molecule has 0 amide bonds. The van der Waals surface area contributed by atoms with Gasteiger partial charge in [0, 0.05) is 0 Å². The van der Waals surface area contributed by atoms with Crippen LogP contribution in [0.3, 0.4) is 0 Å². The molecular formula is C14H22N2O3S. The number of rotatable bonds is 8. The first-order valence-corrected chi connectivity index (χ1v) is 8.14. The number of sulfonamides is 1. The van der Waals surface area contributed by atoms with Gasteiger partial charge in [0.1, 0.15) is 5.78 Å². The average molecular weight is 298 g/mol. The molecule has 0 fully saturated rings. The highest BCUT2D eigenvalue weighted by atomic mass is 32.2. The predicted octanol–water partition coefficient (Wildman–Crippen LogP) is 1.36. The highest BCUT2D eigenvalue weighted by Crippen LogP contribution is 2.12. The summed E-state index contributed by atoms with van der Waals surface area (Å²) in [5.41, 5.74) is 6.38. The zero-order chi connectivity index (χ0) is 15.2. The van der Waals surface area contributed by atoms with E-state index in [-0.39, 0.29) is 10.7 Å². The Hall–Kier alpha value is -1.24. The van der Waals surface area contributed by atoms with Gasteiger partial charge in [0.25, 0.3) is 0 Å². The monoisotopic (exact) mass is 298 g/mol. The lowest BCUT2D eigenvalue weighted by atomic mass is 10.1. The molecule has 1 aromatic rings. The minimum absolute atomic E-state index is 0.174. The van der Waals surface area contributed by atoms with Crippen LogP contribution in [0.15, 0.2) is 29.2 Å². The normalized spacial score (nSPS) is 13.2. The highest BCUT2D eigenvalue weighted by molar-refractivity contribution is 7.89. The van der Waals surface area contributed by atoms with E-state index in [1.54, 1.807) is 12.1 Å². The lowest BCUT2D eigenvalue weighted by Gasteiger charge is -2.16. The van der Waals surface area contributed by atoms with Gasteiger partial charge < -0.3 is 5.73 Å². The Bertz CT molecular complexity index is 538. The summed E-state index contributed by atoms with van der Waals surface area (Å²) < 4.78 is 26.9. The summed E-state index contributed by atoms with van der Waals surface area (Å²) in [4.78, 5) is 11.7. The minimum atomic E-state index is -3.66. The molecule has 6 heteroatoms. The molecule has 112 valence electrons. The summed E-state index contributed by atoms with van der Waals surface area (Å²) >= 11 is 0. The quantitative estimate of drug-likeness (QED) is 0.709. The van der Waals surface area contributed by atoms with Crippen LogP contribution in [0.5, 0.6) is 0 Å². The van der Waals surface area contributed by atoms with Gasteiger partial charge in [0.05, 0.1) is 10.9 Å². The molecule has 0 radical (unpaired) electrons. The van der Waals surface area contributed by atoms with Crippen LogP contribution in [0.2, 0.25) is 0 Å². The van der Waals surface area contributed by atoms with E-state index in [1.807, 2.05) is 6.92 Å². The third kappa shape index (κ3) is 5.03. The molecule has 0 aliphatic rings. The van der Waals surface area contributed by atoms with E-state index in [2.05, 4.69) is 4.72 Å². The van der Waals surface area contributed by atoms with Crippen molar-refractivity contribution in [3.05, 3.63) is 29.8 Å². The second kappa shape index (κ2) is 7.52. The summed E-state index contributed by atoms with van der Waals surface area (Å²) in [6.07, 6.45) is 1.96. The lowest BCUT2D eigenvalue weighted by Crippen LogP contribution is -2.39. The van der Waals surface area contributed by atoms with Crippen molar-refractivity contribution >= 4 is 15.8 Å². The Morgan fingerprint density at radius 1 is 1.25 bits per heavy atom. The number of carbonyl (C=O) groups excluding carboxylic acids is 1. The molecular weight excluding hydrogens is 276 g/mol. The predicted molar refractivity (Wildman–Crippen MR) is 78.9 cm³/mol. The molecule has 0 bridgehead atoms. The van der Waals surface area contributed by atoms with Crippen molar-refractivity contribution in [2.75, 3.05) is 6.54 Å². The fraction of sp³-hybridized carbons (Fsp3) is 0.500. The van der Waals surface area contributed by atoms with Gasteiger partial charge in [-0.2, -0.15) is 0 Å². The maximum atomic E-state index is 12.2. The molecule has 0 heterocycles. The topological polar surface area (TPSA) is 89.3 Å². The van der Waals surface area contributed by atoms with Gasteiger partial charge in [-0.3, -0.25) is 4.79 Å². The highest BCUT2D eigenvalue weighted by Gasteiger charge is 2.22. The summed E-state index contributed by atoms with van der Waals surface area (Å²) in [5, 5.41) is 0. The van der Waals surface area contributed by atoms with Crippen LogP contribution in [0.1, 0.15) is 31.7 Å². The Morgan fingerprint density at radius 2 is 1.85 bits per heavy atom. The van der Waals surface area contributed by atoms with Crippen molar-refractivity contribution in [2.45, 2.75) is 44.0 Å². The fourth-order valence-electron chi connectivity index (χ4n) is 1.81. The van der Waals surface area contributed by atoms with Gasteiger partial charge >= 0.3 is 0 Å². The van der Waals surface area contributed by atoms with Crippen LogP contribution in [0.25, 0.3) is 0 Å². The van der Waals surface area contributed by atoms with Gasteiger partial charge in [-0.05, 0) is 45.4 Å². The second-order valence-electron chi connectivity index (χ2n) is 4.88. The molecule has 5 nitrogen and oxygen atoms in total. The van der Waals surface area contributed by atoms with Crippen LogP contribution in [0.4, 0.5) is 0 Å². The van der Waals surface area contributed by atoms with E-state index in [4.69, 9.17) is 5.73 Å². The number of nitrogens with one attached hydrogen (secondary N) is 1. The van der Waals surface area contributed by atoms with Crippen LogP contribution >= 0.6 is 0 Å². The first-order valence-electron chi connectivity index (χ1n) is 6.66. The number of hydrogen-bond donors (Lipinski definition) is 2. The molecule has 1 atom stereocenters. The van der Waals surface area contributed by atoms with E-state index < -0.39 is 16.1 Å². The van der Waals surface area contributed by atoms with Crippen molar-refractivity contribution in [3.63, 3.8) is 0 Å². The van der Waals surface area contributed by atoms with Crippen molar-refractivity contribution < 1.29 is 13.2 Å². The van der Waals surface area contributed by atoms with Crippen LogP contribution in [-0.4, -0.2) is 26.8 Å². The molecule has 3 N–H and O–H groups in total. The molecule has 1 aromatic carbocycles. The molecule has 0 saturated carbocycles. The van der Waals surface area contributed by atoms with E-state index in [0.29, 0.717) is 13.0 Å². The van der Waals surface area contributed by atoms with Crippen molar-refractivity contribution in [1.82, 2.24) is 4.72 Å². The van der Waals surface area contributed by atoms with Gasteiger partial charge in [-0.15, -0.1) is 0 Å². The number of aryl methyl sites for hydroxylation is 1. The Morgan fingerprint density at radius 3 is 2.35 bits per heavy atom. The number of hydrogen-bond acceptors (Lipinski definition) is 4. The molecule has 0 aliphatic carbocycles. The Balaban J connectivity index is 2.80. The SMILES string of the molecule is CC(=O)[C@H](CCCCN)NS(=O)(=O)c1ccc(C)cc1. The number of ketones is 1. The number of Topliss-reactive ketones (excluding diaryl/α,β-unsaturated/α-hetero) is 1. The summed E-state index contributed by atoms with van der Waals surface area (Å²) in [6.45, 7) is 3.81. The largest absolute Gasteiger partial charge is 0.330 e. The summed E-state index contributed by atoms with van der Waals surface area (Å²) in [6, 6.07) is 5.84. The summed E-state index contributed by atoms with van der Waals surface area (Å²) in [7, 11) is -3.66.